The number of alkyl carbamates (subject to hydrolysis) is 1. The Labute approximate surface area is 362 Å². The van der Waals surface area contributed by atoms with Crippen molar-refractivity contribution < 1.29 is 52.5 Å². The third-order valence-electron chi connectivity index (χ3n) is 10.4. The van der Waals surface area contributed by atoms with Gasteiger partial charge in [-0.15, -0.1) is 0 Å². The van der Waals surface area contributed by atoms with Crippen LogP contribution in [0.3, 0.4) is 0 Å². The second kappa shape index (κ2) is 21.1. The van der Waals surface area contributed by atoms with E-state index in [1.165, 1.54) is 24.0 Å². The molecule has 1 saturated heterocycles. The van der Waals surface area contributed by atoms with Crippen molar-refractivity contribution in [3.63, 3.8) is 0 Å². The fourth-order valence-corrected chi connectivity index (χ4v) is 7.42. The molecule has 16 heteroatoms. The summed E-state index contributed by atoms with van der Waals surface area (Å²) in [5, 5.41) is 5.45. The van der Waals surface area contributed by atoms with Gasteiger partial charge in [0.25, 0.3) is 0 Å². The zero-order chi connectivity index (χ0) is 45.1. The van der Waals surface area contributed by atoms with E-state index in [1.807, 2.05) is 37.3 Å². The summed E-state index contributed by atoms with van der Waals surface area (Å²) in [7, 11) is 2.71. The third-order valence-corrected chi connectivity index (χ3v) is 10.4. The molecule has 2 heterocycles. The molecule has 0 saturated carbocycles. The number of fused-ring (bicyclic) bond motifs is 5. The molecule has 0 spiro atoms. The number of hydrogen-bond donors (Lipinski definition) is 3. The summed E-state index contributed by atoms with van der Waals surface area (Å²) in [5.74, 6) is -2.34. The van der Waals surface area contributed by atoms with Gasteiger partial charge < -0.3 is 45.0 Å². The maximum Gasteiger partial charge on any atom is 0.410 e. The summed E-state index contributed by atoms with van der Waals surface area (Å²) in [5.41, 5.74) is 8.50. The molecule has 2 aliphatic heterocycles. The van der Waals surface area contributed by atoms with Crippen LogP contribution in [0, 0.1) is 5.92 Å². The first-order valence-corrected chi connectivity index (χ1v) is 20.9. The fraction of sp³-hybridized carbons (Fsp3) is 0.478. The molecular weight excluding hydrogens is 799 g/mol. The average Bonchev–Trinajstić information content (AvgIpc) is 3.64. The third kappa shape index (κ3) is 12.2. The van der Waals surface area contributed by atoms with Crippen molar-refractivity contribution in [2.75, 3.05) is 40.5 Å². The Kier molecular flexibility index (Phi) is 15.9. The highest BCUT2D eigenvalue weighted by molar-refractivity contribution is 5.96. The number of nitrogens with two attached hydrogens (primary N) is 1. The second-order valence-corrected chi connectivity index (χ2v) is 16.6. The van der Waals surface area contributed by atoms with E-state index >= 15 is 0 Å². The molecule has 4 N–H and O–H groups in total. The number of methoxy groups -OCH3 is 1. The number of amides is 4. The van der Waals surface area contributed by atoms with Crippen molar-refractivity contribution in [2.24, 2.45) is 11.7 Å². The molecule has 334 valence electrons. The number of carbonyl (C=O) groups is 6. The maximum atomic E-state index is 14.6. The number of ether oxygens (including phenoxy) is 5. The molecular formula is C46H59N5O11. The van der Waals surface area contributed by atoms with Gasteiger partial charge in [-0.3, -0.25) is 19.3 Å². The van der Waals surface area contributed by atoms with Crippen LogP contribution in [0.15, 0.2) is 66.7 Å². The molecule has 0 aliphatic carbocycles. The lowest BCUT2D eigenvalue weighted by Gasteiger charge is -2.33. The molecule has 62 heavy (non-hydrogen) atoms. The van der Waals surface area contributed by atoms with Gasteiger partial charge in [0.05, 0.1) is 20.3 Å². The Morgan fingerprint density at radius 1 is 0.935 bits per heavy atom. The highest BCUT2D eigenvalue weighted by atomic mass is 16.6. The monoisotopic (exact) mass is 857 g/mol. The van der Waals surface area contributed by atoms with Gasteiger partial charge in [0, 0.05) is 49.5 Å². The van der Waals surface area contributed by atoms with Crippen LogP contribution in [-0.2, 0) is 46.4 Å². The zero-order valence-electron chi connectivity index (χ0n) is 36.6. The molecule has 5 atom stereocenters. The van der Waals surface area contributed by atoms with Crippen molar-refractivity contribution in [2.45, 2.75) is 96.7 Å². The summed E-state index contributed by atoms with van der Waals surface area (Å²) >= 11 is 0. The first-order valence-electron chi connectivity index (χ1n) is 20.9. The summed E-state index contributed by atoms with van der Waals surface area (Å²) in [4.78, 5) is 84.4. The molecule has 1 unspecified atom stereocenters. The minimum atomic E-state index is -1.25. The second-order valence-electron chi connectivity index (χ2n) is 16.6. The summed E-state index contributed by atoms with van der Waals surface area (Å²) in [6.07, 6.45) is -0.764. The Balaban J connectivity index is 1.57. The van der Waals surface area contributed by atoms with Crippen LogP contribution in [-0.4, -0.2) is 110 Å². The minimum absolute atomic E-state index is 0.0115. The highest BCUT2D eigenvalue weighted by Crippen LogP contribution is 2.41. The Morgan fingerprint density at radius 2 is 1.61 bits per heavy atom. The molecule has 1 fully saturated rings. The first kappa shape index (κ1) is 46.9. The molecule has 4 amide bonds. The van der Waals surface area contributed by atoms with E-state index in [0.29, 0.717) is 46.8 Å². The zero-order valence-corrected chi connectivity index (χ0v) is 36.6. The molecule has 2 aliphatic rings. The van der Waals surface area contributed by atoms with E-state index in [2.05, 4.69) is 10.6 Å². The number of benzene rings is 3. The van der Waals surface area contributed by atoms with Crippen molar-refractivity contribution in [1.29, 1.82) is 0 Å². The predicted octanol–water partition coefficient (Wildman–Crippen LogP) is 5.09. The molecule has 4 bridgehead atoms. The quantitative estimate of drug-likeness (QED) is 0.124. The normalized spacial score (nSPS) is 20.3. The van der Waals surface area contributed by atoms with Gasteiger partial charge in [-0.2, -0.15) is 0 Å². The number of ketones is 1. The number of esters is 1. The van der Waals surface area contributed by atoms with Gasteiger partial charge >= 0.3 is 18.2 Å². The number of hydrogen-bond acceptors (Lipinski definition) is 12. The van der Waals surface area contributed by atoms with Gasteiger partial charge in [0.15, 0.2) is 5.78 Å². The smallest absolute Gasteiger partial charge is 0.410 e. The lowest BCUT2D eigenvalue weighted by molar-refractivity contribution is -0.146. The van der Waals surface area contributed by atoms with E-state index in [1.54, 1.807) is 64.1 Å². The van der Waals surface area contributed by atoms with Crippen LogP contribution in [0.4, 0.5) is 9.59 Å². The summed E-state index contributed by atoms with van der Waals surface area (Å²) in [6.45, 7) is 9.38. The van der Waals surface area contributed by atoms with Crippen molar-refractivity contribution in [3.8, 4) is 22.6 Å². The number of nitrogens with one attached hydrogen (secondary N) is 2. The van der Waals surface area contributed by atoms with Crippen LogP contribution >= 0.6 is 0 Å². The standard InChI is InChI=1S/C46H59N5O11/c1-8-19-59-39-17-15-31-24-34(39)33-22-30(14-16-38(33)60-20-18-48-44(56)62-46(3,4)5)23-35(43(55)58-7)49-41(53)28(2)21-37(52)40(31)50(6)42(54)36-25-32(47)26-51(36)45(57)61-27-29-12-10-9-11-13-29/h9-17,22,24,28,32,35-36,40H,8,18-21,23,25-27,47H2,1-7H3,(H,48,56)(H,49,53)/t28-,32?,35+,36+,40+/m1/s1. The SMILES string of the molecule is CCCOc1ccc2cc1-c1cc(ccc1OCCNC(=O)OC(C)(C)C)C[C@@H](C(=O)OC)NC(=O)[C@H](C)CC(=O)[C@H]2N(C)C(=O)[C@@H]1CC(N)CN1C(=O)OCc1ccccc1. The highest BCUT2D eigenvalue weighted by Gasteiger charge is 2.43. The molecule has 0 aromatic heterocycles. The van der Waals surface area contributed by atoms with E-state index < -0.39 is 71.4 Å². The number of nitrogens with zero attached hydrogens (tertiary/aromatic N) is 2. The lowest BCUT2D eigenvalue weighted by atomic mass is 9.89. The number of carbonyl (C=O) groups excluding carboxylic acids is 6. The number of Topliss-reactive ketones (excluding diaryl/α,β-unsaturated/α-hetero) is 1. The van der Waals surface area contributed by atoms with Gasteiger partial charge in [0.1, 0.15) is 48.4 Å². The van der Waals surface area contributed by atoms with Gasteiger partial charge in [-0.25, -0.2) is 14.4 Å². The minimum Gasteiger partial charge on any atom is -0.493 e. The summed E-state index contributed by atoms with van der Waals surface area (Å²) in [6, 6.07) is 15.7. The van der Waals surface area contributed by atoms with E-state index in [9.17, 15) is 28.8 Å². The van der Waals surface area contributed by atoms with Gasteiger partial charge in [-0.05, 0) is 74.6 Å². The van der Waals surface area contributed by atoms with Crippen LogP contribution in [0.25, 0.3) is 11.1 Å². The molecule has 3 aromatic carbocycles. The fourth-order valence-electron chi connectivity index (χ4n) is 7.42. The first-order chi connectivity index (χ1) is 29.5. The number of likely N-dealkylation sites (tertiary alicyclic amines) is 1. The van der Waals surface area contributed by atoms with Crippen LogP contribution in [0.5, 0.6) is 11.5 Å². The molecule has 5 rings (SSSR count). The van der Waals surface area contributed by atoms with Crippen molar-refractivity contribution in [3.05, 3.63) is 83.4 Å². The van der Waals surface area contributed by atoms with Gasteiger partial charge in [-0.1, -0.05) is 56.3 Å². The topological polar surface area (TPSA) is 205 Å². The van der Waals surface area contributed by atoms with Crippen molar-refractivity contribution in [1.82, 2.24) is 20.4 Å². The van der Waals surface area contributed by atoms with Crippen LogP contribution in [0.2, 0.25) is 0 Å². The average molecular weight is 858 g/mol. The number of rotatable bonds is 12. The Bertz CT molecular complexity index is 2090. The predicted molar refractivity (Wildman–Crippen MR) is 229 cm³/mol. The van der Waals surface area contributed by atoms with E-state index in [0.717, 1.165) is 5.56 Å². The molecule has 3 aromatic rings. The van der Waals surface area contributed by atoms with Crippen LogP contribution in [0.1, 0.15) is 76.6 Å². The summed E-state index contributed by atoms with van der Waals surface area (Å²) < 4.78 is 28.5. The lowest BCUT2D eigenvalue weighted by Crippen LogP contribution is -2.49. The Morgan fingerprint density at radius 3 is 2.29 bits per heavy atom. The molecule has 0 radical (unpaired) electrons. The maximum absolute atomic E-state index is 14.6. The number of likely N-dealkylation sites (N-methyl/N-ethyl adjacent to an activating group) is 1. The van der Waals surface area contributed by atoms with Gasteiger partial charge in [0.2, 0.25) is 11.8 Å². The van der Waals surface area contributed by atoms with E-state index in [-0.39, 0.29) is 45.6 Å². The Hall–Kier alpha value is -6.16. The van der Waals surface area contributed by atoms with E-state index in [4.69, 9.17) is 29.4 Å². The van der Waals surface area contributed by atoms with Crippen molar-refractivity contribution >= 4 is 35.8 Å². The largest absolute Gasteiger partial charge is 0.493 e. The molecule has 16 nitrogen and oxygen atoms in total. The van der Waals surface area contributed by atoms with Crippen LogP contribution < -0.4 is 25.8 Å².